The zero-order valence-electron chi connectivity index (χ0n) is 15.3. The molecule has 0 aliphatic carbocycles. The van der Waals surface area contributed by atoms with Gasteiger partial charge in [0.25, 0.3) is 0 Å². The van der Waals surface area contributed by atoms with E-state index in [0.29, 0.717) is 5.92 Å². The van der Waals surface area contributed by atoms with Crippen molar-refractivity contribution in [3.05, 3.63) is 66.1 Å². The average Bonchev–Trinajstić information content (AvgIpc) is 3.02. The van der Waals surface area contributed by atoms with E-state index in [4.69, 9.17) is 0 Å². The first-order chi connectivity index (χ1) is 12.6. The van der Waals surface area contributed by atoms with Crippen LogP contribution in [0.2, 0.25) is 0 Å². The molecule has 2 aromatic heterocycles. The zero-order chi connectivity index (χ0) is 18.1. The molecule has 4 aromatic rings. The third-order valence-corrected chi connectivity index (χ3v) is 4.58. The summed E-state index contributed by atoms with van der Waals surface area (Å²) >= 11 is 0. The largest absolute Gasteiger partial charge is 0.282 e. The maximum Gasteiger partial charge on any atom is 0.119 e. The minimum absolute atomic E-state index is 0.618. The molecule has 2 heterocycles. The number of nitrogens with one attached hydrogen (secondary N) is 1. The highest BCUT2D eigenvalue weighted by Gasteiger charge is 2.18. The molecule has 4 rings (SSSR count). The lowest BCUT2D eigenvalue weighted by Crippen LogP contribution is -1.96. The molecule has 1 N–H and O–H groups in total. The minimum Gasteiger partial charge on any atom is -0.282 e. The highest BCUT2D eigenvalue weighted by molar-refractivity contribution is 5.96. The number of rotatable bonds is 4. The molecule has 2 aromatic carbocycles. The van der Waals surface area contributed by atoms with Crippen LogP contribution in [0.25, 0.3) is 33.4 Å². The normalized spacial score (nSPS) is 11.4. The first-order valence-corrected chi connectivity index (χ1v) is 8.98. The van der Waals surface area contributed by atoms with Crippen molar-refractivity contribution in [2.24, 2.45) is 5.92 Å². The van der Waals surface area contributed by atoms with Crippen LogP contribution >= 0.6 is 0 Å². The van der Waals surface area contributed by atoms with E-state index in [-0.39, 0.29) is 0 Å². The summed E-state index contributed by atoms with van der Waals surface area (Å²) in [4.78, 5) is 9.07. The number of nitrogens with zero attached hydrogens (tertiary/aromatic N) is 3. The van der Waals surface area contributed by atoms with Crippen LogP contribution in [0.1, 0.15) is 25.1 Å². The van der Waals surface area contributed by atoms with Gasteiger partial charge < -0.3 is 0 Å². The molecule has 4 heteroatoms. The van der Waals surface area contributed by atoms with Gasteiger partial charge in [-0.1, -0.05) is 56.3 Å². The van der Waals surface area contributed by atoms with E-state index in [9.17, 15) is 0 Å². The van der Waals surface area contributed by atoms with Gasteiger partial charge in [0.2, 0.25) is 0 Å². The summed E-state index contributed by atoms with van der Waals surface area (Å²) in [5.41, 5.74) is 7.28. The smallest absolute Gasteiger partial charge is 0.119 e. The maximum absolute atomic E-state index is 4.57. The molecule has 0 spiro atoms. The van der Waals surface area contributed by atoms with Crippen LogP contribution in [0.4, 0.5) is 0 Å². The summed E-state index contributed by atoms with van der Waals surface area (Å²) in [6, 6.07) is 16.8. The van der Waals surface area contributed by atoms with Gasteiger partial charge in [-0.15, -0.1) is 0 Å². The number of H-pyrrole nitrogens is 1. The van der Waals surface area contributed by atoms with E-state index in [1.165, 1.54) is 5.56 Å². The molecule has 0 aliphatic rings. The second-order valence-electron chi connectivity index (χ2n) is 7.11. The summed E-state index contributed by atoms with van der Waals surface area (Å²) in [7, 11) is 0. The molecule has 130 valence electrons. The Balaban J connectivity index is 1.88. The fourth-order valence-electron chi connectivity index (χ4n) is 3.45. The molecule has 0 atom stereocenters. The van der Waals surface area contributed by atoms with Gasteiger partial charge in [0.05, 0.1) is 5.52 Å². The monoisotopic (exact) mass is 342 g/mol. The molecule has 0 aliphatic heterocycles. The predicted octanol–water partition coefficient (Wildman–Crippen LogP) is 5.19. The second kappa shape index (κ2) is 6.71. The lowest BCUT2D eigenvalue weighted by molar-refractivity contribution is 0.647. The van der Waals surface area contributed by atoms with Crippen LogP contribution in [-0.2, 0) is 6.42 Å². The Hall–Kier alpha value is -3.01. The molecule has 4 nitrogen and oxygen atoms in total. The highest BCUT2D eigenvalue weighted by atomic mass is 15.1. The summed E-state index contributed by atoms with van der Waals surface area (Å²) in [5.74, 6) is 0.618. The molecule has 26 heavy (non-hydrogen) atoms. The fraction of sp³-hybridized carbons (Fsp3) is 0.227. The van der Waals surface area contributed by atoms with Gasteiger partial charge in [-0.25, -0.2) is 9.97 Å². The van der Waals surface area contributed by atoms with Crippen LogP contribution in [-0.4, -0.2) is 20.2 Å². The van der Waals surface area contributed by atoms with Gasteiger partial charge in [0, 0.05) is 16.6 Å². The molecule has 0 saturated carbocycles. The molecule has 0 radical (unpaired) electrons. The van der Waals surface area contributed by atoms with E-state index in [1.807, 2.05) is 25.1 Å². The van der Waals surface area contributed by atoms with Gasteiger partial charge in [0.1, 0.15) is 17.7 Å². The van der Waals surface area contributed by atoms with Crippen LogP contribution in [0.5, 0.6) is 0 Å². The Bertz CT molecular complexity index is 1050. The van der Waals surface area contributed by atoms with E-state index in [1.54, 1.807) is 6.33 Å². The SMILES string of the molecule is Cc1[nH]nc(-c2ncnc3cc(CC(C)C)ccc23)c1-c1ccccc1. The summed E-state index contributed by atoms with van der Waals surface area (Å²) in [6.07, 6.45) is 2.68. The van der Waals surface area contributed by atoms with Crippen molar-refractivity contribution < 1.29 is 0 Å². The minimum atomic E-state index is 0.618. The Labute approximate surface area is 153 Å². The number of aryl methyl sites for hydroxylation is 1. The van der Waals surface area contributed by atoms with Crippen molar-refractivity contribution in [1.29, 1.82) is 0 Å². The van der Waals surface area contributed by atoms with Gasteiger partial charge in [-0.2, -0.15) is 5.10 Å². The number of hydrogen-bond donors (Lipinski definition) is 1. The standard InChI is InChI=1S/C22H22N4/c1-14(2)11-16-9-10-18-19(12-16)23-13-24-21(18)22-20(15(3)25-26-22)17-7-5-4-6-8-17/h4-10,12-14H,11H2,1-3H3,(H,25,26). The number of aromatic nitrogens is 4. The highest BCUT2D eigenvalue weighted by Crippen LogP contribution is 2.34. The van der Waals surface area contributed by atoms with Gasteiger partial charge >= 0.3 is 0 Å². The van der Waals surface area contributed by atoms with E-state index in [0.717, 1.165) is 45.5 Å². The Morgan fingerprint density at radius 3 is 2.54 bits per heavy atom. The van der Waals surface area contributed by atoms with Crippen LogP contribution < -0.4 is 0 Å². The Morgan fingerprint density at radius 2 is 1.77 bits per heavy atom. The first-order valence-electron chi connectivity index (χ1n) is 8.98. The van der Waals surface area contributed by atoms with Crippen molar-refractivity contribution in [3.8, 4) is 22.5 Å². The number of aromatic amines is 1. The lowest BCUT2D eigenvalue weighted by Gasteiger charge is -2.09. The molecular weight excluding hydrogens is 320 g/mol. The number of hydrogen-bond acceptors (Lipinski definition) is 3. The van der Waals surface area contributed by atoms with Crippen molar-refractivity contribution >= 4 is 10.9 Å². The average molecular weight is 342 g/mol. The van der Waals surface area contributed by atoms with Gasteiger partial charge in [-0.05, 0) is 36.5 Å². The second-order valence-corrected chi connectivity index (χ2v) is 7.11. The third kappa shape index (κ3) is 2.99. The molecule has 0 bridgehead atoms. The number of benzene rings is 2. The quantitative estimate of drug-likeness (QED) is 0.555. The molecule has 0 fully saturated rings. The van der Waals surface area contributed by atoms with Gasteiger partial charge in [-0.3, -0.25) is 5.10 Å². The summed E-state index contributed by atoms with van der Waals surface area (Å²) < 4.78 is 0. The Kier molecular flexibility index (Phi) is 4.25. The fourth-order valence-corrected chi connectivity index (χ4v) is 3.45. The molecular formula is C22H22N4. The van der Waals surface area contributed by atoms with E-state index >= 15 is 0 Å². The topological polar surface area (TPSA) is 54.5 Å². The van der Waals surface area contributed by atoms with E-state index < -0.39 is 0 Å². The summed E-state index contributed by atoms with van der Waals surface area (Å²) in [5, 5.41) is 8.73. The summed E-state index contributed by atoms with van der Waals surface area (Å²) in [6.45, 7) is 6.51. The molecule has 0 unspecified atom stereocenters. The van der Waals surface area contributed by atoms with Crippen LogP contribution in [0.3, 0.4) is 0 Å². The maximum atomic E-state index is 4.57. The van der Waals surface area contributed by atoms with Crippen molar-refractivity contribution in [2.75, 3.05) is 0 Å². The third-order valence-electron chi connectivity index (χ3n) is 4.58. The van der Waals surface area contributed by atoms with Crippen LogP contribution in [0, 0.1) is 12.8 Å². The zero-order valence-corrected chi connectivity index (χ0v) is 15.3. The van der Waals surface area contributed by atoms with Crippen molar-refractivity contribution in [3.63, 3.8) is 0 Å². The lowest BCUT2D eigenvalue weighted by atomic mass is 9.98. The van der Waals surface area contributed by atoms with Crippen molar-refractivity contribution in [2.45, 2.75) is 27.2 Å². The van der Waals surface area contributed by atoms with E-state index in [2.05, 4.69) is 64.3 Å². The predicted molar refractivity (Wildman–Crippen MR) is 106 cm³/mol. The molecule has 0 amide bonds. The van der Waals surface area contributed by atoms with Crippen LogP contribution in [0.15, 0.2) is 54.9 Å². The molecule has 0 saturated heterocycles. The first kappa shape index (κ1) is 16.5. The van der Waals surface area contributed by atoms with Crippen molar-refractivity contribution in [1.82, 2.24) is 20.2 Å². The Morgan fingerprint density at radius 1 is 0.962 bits per heavy atom. The number of fused-ring (bicyclic) bond motifs is 1. The van der Waals surface area contributed by atoms with Gasteiger partial charge in [0.15, 0.2) is 0 Å².